The van der Waals surface area contributed by atoms with Crippen molar-refractivity contribution in [3.8, 4) is 0 Å². The topological polar surface area (TPSA) is 61.7 Å². The summed E-state index contributed by atoms with van der Waals surface area (Å²) < 4.78 is 1.87. The van der Waals surface area contributed by atoms with E-state index in [1.54, 1.807) is 0 Å². The van der Waals surface area contributed by atoms with Crippen LogP contribution in [0.3, 0.4) is 0 Å². The Balaban J connectivity index is 1.13. The summed E-state index contributed by atoms with van der Waals surface area (Å²) in [6.45, 7) is 1.40. The fraction of sp³-hybridized carbons (Fsp3) is 0.391. The van der Waals surface area contributed by atoms with Crippen molar-refractivity contribution in [2.45, 2.75) is 56.9 Å². The first-order valence-corrected chi connectivity index (χ1v) is 11.0. The summed E-state index contributed by atoms with van der Waals surface area (Å²) in [5.41, 5.74) is 3.00. The number of aromatic nitrogens is 2. The standard InChI is InChI=1S/C23H26ClN5O/c24-17-6-9-22-26-19(15-28(22)14-17)12-25-23(30)27-18-10-20-7-8-21(11-18)29(20)13-16-4-2-1-3-5-16/h1-6,9,14-15,18,20-21H,7-8,10-13H2,(H2,25,27,30). The average molecular weight is 424 g/mol. The van der Waals surface area contributed by atoms with Gasteiger partial charge < -0.3 is 15.0 Å². The van der Waals surface area contributed by atoms with Crippen molar-refractivity contribution in [2.24, 2.45) is 0 Å². The zero-order valence-corrected chi connectivity index (χ0v) is 17.6. The molecule has 2 fully saturated rings. The molecule has 2 saturated heterocycles. The molecule has 2 aliphatic rings. The van der Waals surface area contributed by atoms with Gasteiger partial charge >= 0.3 is 6.03 Å². The molecule has 7 heteroatoms. The van der Waals surface area contributed by atoms with E-state index < -0.39 is 0 Å². The fourth-order valence-electron chi connectivity index (χ4n) is 4.95. The van der Waals surface area contributed by atoms with E-state index in [0.717, 1.165) is 30.7 Å². The number of urea groups is 1. The second-order valence-electron chi connectivity index (χ2n) is 8.38. The zero-order valence-electron chi connectivity index (χ0n) is 16.8. The molecule has 2 N–H and O–H groups in total. The van der Waals surface area contributed by atoms with Crippen molar-refractivity contribution in [2.75, 3.05) is 0 Å². The van der Waals surface area contributed by atoms with Gasteiger partial charge in [0, 0.05) is 37.1 Å². The molecule has 30 heavy (non-hydrogen) atoms. The lowest BCUT2D eigenvalue weighted by Gasteiger charge is -2.39. The first kappa shape index (κ1) is 19.4. The number of nitrogens with one attached hydrogen (secondary N) is 2. The fourth-order valence-corrected chi connectivity index (χ4v) is 5.12. The molecule has 0 spiro atoms. The summed E-state index contributed by atoms with van der Waals surface area (Å²) >= 11 is 6.02. The van der Waals surface area contributed by atoms with E-state index in [9.17, 15) is 4.79 Å². The molecule has 0 aliphatic carbocycles. The van der Waals surface area contributed by atoms with E-state index in [4.69, 9.17) is 11.6 Å². The van der Waals surface area contributed by atoms with Gasteiger partial charge in [-0.1, -0.05) is 41.9 Å². The van der Waals surface area contributed by atoms with Crippen molar-refractivity contribution in [3.63, 3.8) is 0 Å². The van der Waals surface area contributed by atoms with Gasteiger partial charge in [0.2, 0.25) is 0 Å². The highest BCUT2D eigenvalue weighted by atomic mass is 35.5. The summed E-state index contributed by atoms with van der Waals surface area (Å²) in [4.78, 5) is 19.6. The number of nitrogens with zero attached hydrogens (tertiary/aromatic N) is 3. The normalized spacial score (nSPS) is 23.6. The first-order chi connectivity index (χ1) is 14.6. The molecular weight excluding hydrogens is 398 g/mol. The molecule has 0 radical (unpaired) electrons. The highest BCUT2D eigenvalue weighted by molar-refractivity contribution is 6.30. The molecular formula is C23H26ClN5O. The van der Waals surface area contributed by atoms with Crippen molar-refractivity contribution < 1.29 is 4.79 Å². The van der Waals surface area contributed by atoms with Gasteiger partial charge in [-0.05, 0) is 43.4 Å². The predicted octanol–water partition coefficient (Wildman–Crippen LogP) is 3.98. The number of imidazole rings is 1. The van der Waals surface area contributed by atoms with Crippen molar-refractivity contribution in [1.82, 2.24) is 24.9 Å². The Morgan fingerprint density at radius 2 is 1.83 bits per heavy atom. The lowest BCUT2D eigenvalue weighted by Crippen LogP contribution is -2.51. The van der Waals surface area contributed by atoms with Crippen molar-refractivity contribution >= 4 is 23.3 Å². The van der Waals surface area contributed by atoms with E-state index in [0.29, 0.717) is 23.7 Å². The van der Waals surface area contributed by atoms with Crippen LogP contribution < -0.4 is 10.6 Å². The molecule has 2 bridgehead atoms. The second kappa shape index (κ2) is 8.28. The Bertz CT molecular complexity index is 1020. The SMILES string of the molecule is O=C(NCc1cn2cc(Cl)ccc2n1)NC1CC2CCC(C1)N2Cc1ccccc1. The molecule has 156 valence electrons. The van der Waals surface area contributed by atoms with Gasteiger partial charge in [-0.3, -0.25) is 4.90 Å². The molecule has 3 aromatic rings. The minimum absolute atomic E-state index is 0.119. The maximum absolute atomic E-state index is 12.5. The third kappa shape index (κ3) is 4.16. The molecule has 2 atom stereocenters. The molecule has 2 aliphatic heterocycles. The number of amides is 2. The number of benzene rings is 1. The summed E-state index contributed by atoms with van der Waals surface area (Å²) in [6, 6.07) is 15.6. The number of pyridine rings is 1. The molecule has 2 amide bonds. The average Bonchev–Trinajstić information content (AvgIpc) is 3.24. The second-order valence-corrected chi connectivity index (χ2v) is 8.82. The van der Waals surface area contributed by atoms with Gasteiger partial charge in [0.15, 0.2) is 0 Å². The van der Waals surface area contributed by atoms with E-state index in [2.05, 4.69) is 50.8 Å². The Kier molecular flexibility index (Phi) is 5.35. The first-order valence-electron chi connectivity index (χ1n) is 10.6. The highest BCUT2D eigenvalue weighted by Gasteiger charge is 2.40. The monoisotopic (exact) mass is 423 g/mol. The molecule has 2 unspecified atom stereocenters. The summed E-state index contributed by atoms with van der Waals surface area (Å²) in [5.74, 6) is 0. The van der Waals surface area contributed by atoms with E-state index >= 15 is 0 Å². The Labute approximate surface area is 181 Å². The number of rotatable bonds is 5. The van der Waals surface area contributed by atoms with Crippen LogP contribution in [-0.4, -0.2) is 38.4 Å². The minimum atomic E-state index is -0.119. The van der Waals surface area contributed by atoms with E-state index in [-0.39, 0.29) is 12.1 Å². The van der Waals surface area contributed by atoms with Gasteiger partial charge in [0.1, 0.15) is 5.65 Å². The van der Waals surface area contributed by atoms with Crippen LogP contribution in [0.1, 0.15) is 36.9 Å². The zero-order chi connectivity index (χ0) is 20.5. The number of hydrogen-bond donors (Lipinski definition) is 2. The quantitative estimate of drug-likeness (QED) is 0.652. The lowest BCUT2D eigenvalue weighted by molar-refractivity contribution is 0.111. The van der Waals surface area contributed by atoms with Crippen LogP contribution >= 0.6 is 11.6 Å². The van der Waals surface area contributed by atoms with E-state index in [1.165, 1.54) is 18.4 Å². The smallest absolute Gasteiger partial charge is 0.315 e. The predicted molar refractivity (Wildman–Crippen MR) is 117 cm³/mol. The van der Waals surface area contributed by atoms with Crippen LogP contribution in [0.25, 0.3) is 5.65 Å². The van der Waals surface area contributed by atoms with Crippen molar-refractivity contribution in [3.05, 3.63) is 71.1 Å². The molecule has 5 rings (SSSR count). The molecule has 4 heterocycles. The minimum Gasteiger partial charge on any atom is -0.335 e. The summed E-state index contributed by atoms with van der Waals surface area (Å²) in [6.07, 6.45) is 8.19. The molecule has 2 aromatic heterocycles. The number of halogens is 1. The molecule has 1 aromatic carbocycles. The number of fused-ring (bicyclic) bond motifs is 3. The Morgan fingerprint density at radius 1 is 1.07 bits per heavy atom. The van der Waals surface area contributed by atoms with Gasteiger partial charge in [-0.15, -0.1) is 0 Å². The number of carbonyl (C=O) groups is 1. The Hall–Kier alpha value is -2.57. The molecule has 0 saturated carbocycles. The third-order valence-corrected chi connectivity index (χ3v) is 6.55. The van der Waals surface area contributed by atoms with Gasteiger partial charge in [0.05, 0.1) is 17.3 Å². The van der Waals surface area contributed by atoms with E-state index in [1.807, 2.05) is 28.9 Å². The van der Waals surface area contributed by atoms with Crippen molar-refractivity contribution in [1.29, 1.82) is 0 Å². The number of hydrogen-bond acceptors (Lipinski definition) is 3. The Morgan fingerprint density at radius 3 is 2.60 bits per heavy atom. The summed E-state index contributed by atoms with van der Waals surface area (Å²) in [7, 11) is 0. The van der Waals surface area contributed by atoms with Gasteiger partial charge in [-0.2, -0.15) is 0 Å². The number of carbonyl (C=O) groups excluding carboxylic acids is 1. The van der Waals surface area contributed by atoms with Crippen LogP contribution in [0.15, 0.2) is 54.9 Å². The molecule has 6 nitrogen and oxygen atoms in total. The van der Waals surface area contributed by atoms with Gasteiger partial charge in [-0.25, -0.2) is 9.78 Å². The van der Waals surface area contributed by atoms with Crippen LogP contribution in [0, 0.1) is 0 Å². The van der Waals surface area contributed by atoms with Crippen LogP contribution in [0.4, 0.5) is 4.79 Å². The van der Waals surface area contributed by atoms with Crippen LogP contribution in [0.2, 0.25) is 5.02 Å². The highest BCUT2D eigenvalue weighted by Crippen LogP contribution is 2.36. The number of piperidine rings is 1. The van der Waals surface area contributed by atoms with Gasteiger partial charge in [0.25, 0.3) is 0 Å². The summed E-state index contributed by atoms with van der Waals surface area (Å²) in [5, 5.41) is 6.79. The lowest BCUT2D eigenvalue weighted by atomic mass is 9.96. The maximum Gasteiger partial charge on any atom is 0.315 e. The van der Waals surface area contributed by atoms with Crippen LogP contribution in [-0.2, 0) is 13.1 Å². The third-order valence-electron chi connectivity index (χ3n) is 6.32. The van der Waals surface area contributed by atoms with Crippen LogP contribution in [0.5, 0.6) is 0 Å². The largest absolute Gasteiger partial charge is 0.335 e. The maximum atomic E-state index is 12.5.